The molecule has 1 fully saturated rings. The smallest absolute Gasteiger partial charge is 0.326 e. The number of carbonyl (C=O) groups is 1. The molecule has 2 rings (SSSR count). The summed E-state index contributed by atoms with van der Waals surface area (Å²) in [5.41, 5.74) is 1.51. The molecule has 1 aliphatic carbocycles. The molecular formula is C16H21F3N2O. The molecule has 122 valence electrons. The normalized spacial score (nSPS) is 22.4. The van der Waals surface area contributed by atoms with Gasteiger partial charge in [-0.05, 0) is 37.6 Å². The van der Waals surface area contributed by atoms with E-state index in [1.54, 1.807) is 25.2 Å². The monoisotopic (exact) mass is 314 g/mol. The van der Waals surface area contributed by atoms with Crippen molar-refractivity contribution in [1.82, 2.24) is 5.32 Å². The summed E-state index contributed by atoms with van der Waals surface area (Å²) in [6.07, 6.45) is -2.76. The number of amides is 1. The van der Waals surface area contributed by atoms with Gasteiger partial charge in [0.1, 0.15) is 0 Å². The Labute approximate surface area is 128 Å². The van der Waals surface area contributed by atoms with Crippen molar-refractivity contribution in [3.8, 4) is 0 Å². The quantitative estimate of drug-likeness (QED) is 0.889. The zero-order valence-electron chi connectivity index (χ0n) is 12.5. The predicted octanol–water partition coefficient (Wildman–Crippen LogP) is 3.71. The minimum absolute atomic E-state index is 0.0430. The molecule has 0 heterocycles. The lowest BCUT2D eigenvalue weighted by Gasteiger charge is -2.32. The first-order chi connectivity index (χ1) is 10.4. The molecule has 22 heavy (non-hydrogen) atoms. The van der Waals surface area contributed by atoms with Gasteiger partial charge in [-0.3, -0.25) is 4.79 Å². The van der Waals surface area contributed by atoms with Gasteiger partial charge in [-0.2, -0.15) is 13.2 Å². The van der Waals surface area contributed by atoms with E-state index >= 15 is 0 Å². The van der Waals surface area contributed by atoms with Gasteiger partial charge in [0.2, 0.25) is 5.91 Å². The Kier molecular flexibility index (Phi) is 5.45. The maximum Gasteiger partial charge on any atom is 0.392 e. The van der Waals surface area contributed by atoms with Gasteiger partial charge in [-0.15, -0.1) is 0 Å². The van der Waals surface area contributed by atoms with Crippen LogP contribution in [0, 0.1) is 11.8 Å². The first-order valence-electron chi connectivity index (χ1n) is 7.53. The first kappa shape index (κ1) is 16.8. The molecule has 1 amide bonds. The number of nitrogens with one attached hydrogen (secondary N) is 2. The predicted molar refractivity (Wildman–Crippen MR) is 79.3 cm³/mol. The molecule has 0 aromatic heterocycles. The highest BCUT2D eigenvalue weighted by Gasteiger charge is 2.48. The maximum absolute atomic E-state index is 13.1. The average molecular weight is 314 g/mol. The second-order valence-corrected chi connectivity index (χ2v) is 5.76. The van der Waals surface area contributed by atoms with Gasteiger partial charge >= 0.3 is 6.18 Å². The van der Waals surface area contributed by atoms with Crippen LogP contribution in [-0.4, -0.2) is 19.1 Å². The summed E-state index contributed by atoms with van der Waals surface area (Å²) in [4.78, 5) is 12.3. The minimum Gasteiger partial charge on any atom is -0.326 e. The van der Waals surface area contributed by atoms with Crippen LogP contribution in [0.3, 0.4) is 0 Å². The van der Waals surface area contributed by atoms with Crippen LogP contribution < -0.4 is 10.6 Å². The van der Waals surface area contributed by atoms with Gasteiger partial charge in [-0.1, -0.05) is 25.0 Å². The van der Waals surface area contributed by atoms with Gasteiger partial charge in [0, 0.05) is 18.2 Å². The second-order valence-electron chi connectivity index (χ2n) is 5.76. The number of rotatable bonds is 4. The molecule has 0 bridgehead atoms. The molecule has 6 heteroatoms. The molecule has 2 N–H and O–H groups in total. The molecule has 1 aromatic rings. The van der Waals surface area contributed by atoms with Gasteiger partial charge < -0.3 is 10.6 Å². The van der Waals surface area contributed by atoms with Crippen molar-refractivity contribution in [2.75, 3.05) is 12.4 Å². The van der Waals surface area contributed by atoms with Crippen LogP contribution in [0.1, 0.15) is 31.2 Å². The number of hydrogen-bond donors (Lipinski definition) is 2. The fourth-order valence-electron chi connectivity index (χ4n) is 3.03. The lowest BCUT2D eigenvalue weighted by Crippen LogP contribution is -2.39. The van der Waals surface area contributed by atoms with E-state index in [0.29, 0.717) is 31.5 Å². The number of halogens is 3. The molecule has 0 saturated heterocycles. The molecule has 0 radical (unpaired) electrons. The summed E-state index contributed by atoms with van der Waals surface area (Å²) < 4.78 is 39.2. The zero-order chi connectivity index (χ0) is 16.2. The molecule has 1 aromatic carbocycles. The Balaban J connectivity index is 2.08. The second kappa shape index (κ2) is 7.13. The van der Waals surface area contributed by atoms with E-state index in [0.717, 1.165) is 5.56 Å². The summed E-state index contributed by atoms with van der Waals surface area (Å²) in [5, 5.41) is 5.64. The molecule has 1 saturated carbocycles. The molecule has 2 unspecified atom stereocenters. The largest absolute Gasteiger partial charge is 0.392 e. The van der Waals surface area contributed by atoms with Gasteiger partial charge in [0.25, 0.3) is 0 Å². The first-order valence-corrected chi connectivity index (χ1v) is 7.53. The molecule has 0 aliphatic heterocycles. The van der Waals surface area contributed by atoms with E-state index < -0.39 is 23.9 Å². The zero-order valence-corrected chi connectivity index (χ0v) is 12.5. The number of carbonyl (C=O) groups excluding carboxylic acids is 1. The standard InChI is InChI=1S/C16H21F3N2O/c1-20-10-11-5-4-6-12(9-11)21-15(22)13-7-2-3-8-14(13)16(17,18)19/h4-6,9,13-14,20H,2-3,7-8,10H2,1H3,(H,21,22). The van der Waals surface area contributed by atoms with Gasteiger partial charge in [0.15, 0.2) is 0 Å². The Morgan fingerprint density at radius 1 is 1.27 bits per heavy atom. The summed E-state index contributed by atoms with van der Waals surface area (Å²) in [5.74, 6) is -3.04. The highest BCUT2D eigenvalue weighted by molar-refractivity contribution is 5.92. The van der Waals surface area contributed by atoms with Crippen molar-refractivity contribution >= 4 is 11.6 Å². The van der Waals surface area contributed by atoms with Crippen LogP contribution in [0.15, 0.2) is 24.3 Å². The lowest BCUT2D eigenvalue weighted by molar-refractivity contribution is -0.197. The van der Waals surface area contributed by atoms with E-state index in [-0.39, 0.29) is 6.42 Å². The van der Waals surface area contributed by atoms with Crippen molar-refractivity contribution in [2.24, 2.45) is 11.8 Å². The van der Waals surface area contributed by atoms with Crippen LogP contribution >= 0.6 is 0 Å². The Morgan fingerprint density at radius 2 is 2.00 bits per heavy atom. The highest BCUT2D eigenvalue weighted by Crippen LogP contribution is 2.41. The van der Waals surface area contributed by atoms with Crippen LogP contribution in [0.2, 0.25) is 0 Å². The summed E-state index contributed by atoms with van der Waals surface area (Å²) in [6, 6.07) is 7.15. The van der Waals surface area contributed by atoms with Crippen LogP contribution in [0.5, 0.6) is 0 Å². The van der Waals surface area contributed by atoms with E-state index in [1.165, 1.54) is 0 Å². The van der Waals surface area contributed by atoms with Crippen molar-refractivity contribution in [3.05, 3.63) is 29.8 Å². The van der Waals surface area contributed by atoms with Crippen molar-refractivity contribution in [2.45, 2.75) is 38.4 Å². The number of benzene rings is 1. The third-order valence-electron chi connectivity index (χ3n) is 4.10. The number of hydrogen-bond acceptors (Lipinski definition) is 2. The third kappa shape index (κ3) is 4.22. The topological polar surface area (TPSA) is 41.1 Å². The Bertz CT molecular complexity index is 516. The van der Waals surface area contributed by atoms with E-state index in [1.807, 2.05) is 6.07 Å². The van der Waals surface area contributed by atoms with Crippen molar-refractivity contribution in [3.63, 3.8) is 0 Å². The summed E-state index contributed by atoms with van der Waals surface area (Å²) in [6.45, 7) is 0.637. The third-order valence-corrected chi connectivity index (χ3v) is 4.10. The molecular weight excluding hydrogens is 293 g/mol. The summed E-state index contributed by atoms with van der Waals surface area (Å²) >= 11 is 0. The number of anilines is 1. The fourth-order valence-corrected chi connectivity index (χ4v) is 3.03. The summed E-state index contributed by atoms with van der Waals surface area (Å²) in [7, 11) is 1.81. The molecule has 0 spiro atoms. The van der Waals surface area contributed by atoms with Crippen LogP contribution in [-0.2, 0) is 11.3 Å². The van der Waals surface area contributed by atoms with Crippen LogP contribution in [0.25, 0.3) is 0 Å². The van der Waals surface area contributed by atoms with E-state index in [2.05, 4.69) is 10.6 Å². The lowest BCUT2D eigenvalue weighted by atomic mass is 9.78. The maximum atomic E-state index is 13.1. The SMILES string of the molecule is CNCc1cccc(NC(=O)C2CCCCC2C(F)(F)F)c1. The average Bonchev–Trinajstić information content (AvgIpc) is 2.47. The van der Waals surface area contributed by atoms with Crippen molar-refractivity contribution < 1.29 is 18.0 Å². The Hall–Kier alpha value is -1.56. The Morgan fingerprint density at radius 3 is 2.68 bits per heavy atom. The van der Waals surface area contributed by atoms with Gasteiger partial charge in [0.05, 0.1) is 5.92 Å². The van der Waals surface area contributed by atoms with E-state index in [4.69, 9.17) is 0 Å². The number of alkyl halides is 3. The molecule has 1 aliphatic rings. The highest BCUT2D eigenvalue weighted by atomic mass is 19.4. The van der Waals surface area contributed by atoms with Gasteiger partial charge in [-0.25, -0.2) is 0 Å². The fraction of sp³-hybridized carbons (Fsp3) is 0.562. The molecule has 2 atom stereocenters. The minimum atomic E-state index is -4.31. The van der Waals surface area contributed by atoms with E-state index in [9.17, 15) is 18.0 Å². The molecule has 3 nitrogen and oxygen atoms in total. The van der Waals surface area contributed by atoms with Crippen molar-refractivity contribution in [1.29, 1.82) is 0 Å². The van der Waals surface area contributed by atoms with Crippen LogP contribution in [0.4, 0.5) is 18.9 Å².